The van der Waals surface area contributed by atoms with E-state index in [1.807, 2.05) is 6.92 Å². The van der Waals surface area contributed by atoms with Crippen molar-refractivity contribution in [1.82, 2.24) is 0 Å². The van der Waals surface area contributed by atoms with Crippen LogP contribution in [0.1, 0.15) is 19.4 Å². The molecule has 2 aromatic rings. The average molecular weight is 276 g/mol. The molecule has 0 saturated heterocycles. The summed E-state index contributed by atoms with van der Waals surface area (Å²) < 4.78 is 15.5. The van der Waals surface area contributed by atoms with Crippen LogP contribution in [-0.2, 0) is 9.53 Å². The summed E-state index contributed by atoms with van der Waals surface area (Å²) in [5, 5.41) is 0.776. The molecule has 0 bridgehead atoms. The molecule has 1 atom stereocenters. The Hall–Kier alpha value is -2.30. The van der Waals surface area contributed by atoms with Crippen LogP contribution in [0.5, 0.6) is 5.75 Å². The van der Waals surface area contributed by atoms with E-state index < -0.39 is 12.1 Å². The van der Waals surface area contributed by atoms with Crippen LogP contribution in [0.4, 0.5) is 0 Å². The molecule has 1 aromatic carbocycles. The van der Waals surface area contributed by atoms with Crippen LogP contribution >= 0.6 is 0 Å². The van der Waals surface area contributed by atoms with Gasteiger partial charge in [-0.15, -0.1) is 0 Å². The number of rotatable bonds is 4. The van der Waals surface area contributed by atoms with Gasteiger partial charge in [0, 0.05) is 11.5 Å². The number of benzene rings is 1. The minimum absolute atomic E-state index is 0.314. The van der Waals surface area contributed by atoms with Gasteiger partial charge in [0.1, 0.15) is 11.3 Å². The predicted octanol–water partition coefficient (Wildman–Crippen LogP) is 2.43. The van der Waals surface area contributed by atoms with Crippen LogP contribution in [-0.4, -0.2) is 18.7 Å². The van der Waals surface area contributed by atoms with E-state index in [1.54, 1.807) is 32.0 Å². The van der Waals surface area contributed by atoms with Crippen molar-refractivity contribution in [3.8, 4) is 5.75 Å². The highest BCUT2D eigenvalue weighted by atomic mass is 16.6. The lowest BCUT2D eigenvalue weighted by molar-refractivity contribution is -0.150. The van der Waals surface area contributed by atoms with Crippen LogP contribution in [0.15, 0.2) is 33.5 Å². The van der Waals surface area contributed by atoms with Gasteiger partial charge in [-0.25, -0.2) is 9.59 Å². The van der Waals surface area contributed by atoms with Gasteiger partial charge < -0.3 is 13.9 Å². The number of carbonyl (C=O) groups excluding carboxylic acids is 1. The van der Waals surface area contributed by atoms with Crippen LogP contribution in [0.2, 0.25) is 0 Å². The Kier molecular flexibility index (Phi) is 4.08. The number of fused-ring (bicyclic) bond motifs is 1. The fraction of sp³-hybridized carbons (Fsp3) is 0.333. The number of carbonyl (C=O) groups is 1. The second-order valence-electron chi connectivity index (χ2n) is 4.42. The van der Waals surface area contributed by atoms with Gasteiger partial charge in [0.05, 0.1) is 6.61 Å². The lowest BCUT2D eigenvalue weighted by atomic mass is 10.1. The molecule has 0 aliphatic carbocycles. The molecule has 0 fully saturated rings. The van der Waals surface area contributed by atoms with Crippen molar-refractivity contribution in [3.63, 3.8) is 0 Å². The van der Waals surface area contributed by atoms with Crippen LogP contribution < -0.4 is 10.4 Å². The summed E-state index contributed by atoms with van der Waals surface area (Å²) in [7, 11) is 0. The topological polar surface area (TPSA) is 65.7 Å². The Labute approximate surface area is 116 Å². The second-order valence-corrected chi connectivity index (χ2v) is 4.42. The summed E-state index contributed by atoms with van der Waals surface area (Å²) in [6.45, 7) is 5.50. The monoisotopic (exact) mass is 276 g/mol. The van der Waals surface area contributed by atoms with Gasteiger partial charge in [-0.1, -0.05) is 0 Å². The highest BCUT2D eigenvalue weighted by molar-refractivity contribution is 5.81. The highest BCUT2D eigenvalue weighted by Gasteiger charge is 2.16. The van der Waals surface area contributed by atoms with Crippen molar-refractivity contribution in [3.05, 3.63) is 40.2 Å². The standard InChI is InChI=1S/C15H16O5/c1-4-18-15(17)10(3)19-11-5-6-13-12(8-11)9(2)7-14(16)20-13/h5-8,10H,4H2,1-3H3. The number of hydrogen-bond acceptors (Lipinski definition) is 5. The lowest BCUT2D eigenvalue weighted by Crippen LogP contribution is -2.26. The normalized spacial score (nSPS) is 12.2. The van der Waals surface area contributed by atoms with E-state index in [2.05, 4.69) is 0 Å². The molecule has 2 rings (SSSR count). The van der Waals surface area contributed by atoms with Crippen LogP contribution in [0, 0.1) is 6.92 Å². The van der Waals surface area contributed by atoms with Crippen molar-refractivity contribution < 1.29 is 18.7 Å². The fourth-order valence-corrected chi connectivity index (χ4v) is 1.88. The molecule has 1 unspecified atom stereocenters. The Balaban J connectivity index is 2.28. The molecule has 0 spiro atoms. The first-order chi connectivity index (χ1) is 9.51. The van der Waals surface area contributed by atoms with E-state index in [1.165, 1.54) is 6.07 Å². The van der Waals surface area contributed by atoms with E-state index in [0.717, 1.165) is 10.9 Å². The summed E-state index contributed by atoms with van der Waals surface area (Å²) >= 11 is 0. The maximum Gasteiger partial charge on any atom is 0.347 e. The van der Waals surface area contributed by atoms with E-state index >= 15 is 0 Å². The third-order valence-electron chi connectivity index (χ3n) is 2.85. The van der Waals surface area contributed by atoms with Gasteiger partial charge in [0.25, 0.3) is 0 Å². The molecule has 20 heavy (non-hydrogen) atoms. The van der Waals surface area contributed by atoms with Gasteiger partial charge in [0.15, 0.2) is 6.10 Å². The Morgan fingerprint density at radius 3 is 2.80 bits per heavy atom. The fourth-order valence-electron chi connectivity index (χ4n) is 1.88. The quantitative estimate of drug-likeness (QED) is 0.634. The molecular weight excluding hydrogens is 260 g/mol. The summed E-state index contributed by atoms with van der Waals surface area (Å²) in [5.41, 5.74) is 0.903. The Morgan fingerprint density at radius 2 is 2.10 bits per heavy atom. The smallest absolute Gasteiger partial charge is 0.347 e. The summed E-state index contributed by atoms with van der Waals surface area (Å²) in [6.07, 6.45) is -0.691. The van der Waals surface area contributed by atoms with Crippen LogP contribution in [0.25, 0.3) is 11.0 Å². The first-order valence-corrected chi connectivity index (χ1v) is 6.39. The molecule has 0 aliphatic rings. The van der Waals surface area contributed by atoms with E-state index in [4.69, 9.17) is 13.9 Å². The number of ether oxygens (including phenoxy) is 2. The summed E-state index contributed by atoms with van der Waals surface area (Å²) in [5.74, 6) is 0.110. The first-order valence-electron chi connectivity index (χ1n) is 6.39. The number of aryl methyl sites for hydroxylation is 1. The molecule has 1 heterocycles. The van der Waals surface area contributed by atoms with Gasteiger partial charge in [-0.2, -0.15) is 0 Å². The third kappa shape index (κ3) is 2.99. The van der Waals surface area contributed by atoms with Gasteiger partial charge in [-0.05, 0) is 44.5 Å². The van der Waals surface area contributed by atoms with Crippen molar-refractivity contribution >= 4 is 16.9 Å². The van der Waals surface area contributed by atoms with Crippen molar-refractivity contribution in [1.29, 1.82) is 0 Å². The summed E-state index contributed by atoms with van der Waals surface area (Å²) in [6, 6.07) is 6.46. The molecule has 106 valence electrons. The molecule has 0 radical (unpaired) electrons. The van der Waals surface area contributed by atoms with Gasteiger partial charge in [0.2, 0.25) is 0 Å². The minimum atomic E-state index is -0.691. The third-order valence-corrected chi connectivity index (χ3v) is 2.85. The average Bonchev–Trinajstić information content (AvgIpc) is 2.39. The molecule has 0 aliphatic heterocycles. The Morgan fingerprint density at radius 1 is 1.35 bits per heavy atom. The zero-order valence-corrected chi connectivity index (χ0v) is 11.6. The van der Waals surface area contributed by atoms with Crippen LogP contribution in [0.3, 0.4) is 0 Å². The number of esters is 1. The molecular formula is C15H16O5. The molecule has 5 heteroatoms. The highest BCUT2D eigenvalue weighted by Crippen LogP contribution is 2.23. The predicted molar refractivity (Wildman–Crippen MR) is 73.9 cm³/mol. The van der Waals surface area contributed by atoms with Gasteiger partial charge in [-0.3, -0.25) is 0 Å². The minimum Gasteiger partial charge on any atom is -0.479 e. The zero-order valence-electron chi connectivity index (χ0n) is 11.6. The van der Waals surface area contributed by atoms with Crippen molar-refractivity contribution in [2.45, 2.75) is 26.9 Å². The number of hydrogen-bond donors (Lipinski definition) is 0. The molecule has 0 saturated carbocycles. The first kappa shape index (κ1) is 14.1. The zero-order chi connectivity index (χ0) is 14.7. The maximum atomic E-state index is 11.5. The maximum absolute atomic E-state index is 11.5. The SMILES string of the molecule is CCOC(=O)C(C)Oc1ccc2oc(=O)cc(C)c2c1. The largest absolute Gasteiger partial charge is 0.479 e. The molecule has 0 N–H and O–H groups in total. The summed E-state index contributed by atoms with van der Waals surface area (Å²) in [4.78, 5) is 22.8. The van der Waals surface area contributed by atoms with E-state index in [-0.39, 0.29) is 5.63 Å². The molecule has 0 amide bonds. The van der Waals surface area contributed by atoms with E-state index in [0.29, 0.717) is 17.9 Å². The Bertz CT molecular complexity index is 686. The van der Waals surface area contributed by atoms with Crippen molar-refractivity contribution in [2.75, 3.05) is 6.61 Å². The van der Waals surface area contributed by atoms with Crippen molar-refractivity contribution in [2.24, 2.45) is 0 Å². The second kappa shape index (κ2) is 5.77. The lowest BCUT2D eigenvalue weighted by Gasteiger charge is -2.13. The van der Waals surface area contributed by atoms with Gasteiger partial charge >= 0.3 is 11.6 Å². The van der Waals surface area contributed by atoms with E-state index in [9.17, 15) is 9.59 Å². The molecule has 5 nitrogen and oxygen atoms in total. The molecule has 1 aromatic heterocycles.